The first-order valence-electron chi connectivity index (χ1n) is 10.1. The number of rotatable bonds is 4. The normalized spacial score (nSPS) is 29.3. The zero-order valence-electron chi connectivity index (χ0n) is 16.6. The van der Waals surface area contributed by atoms with Gasteiger partial charge in [0.15, 0.2) is 17.9 Å². The predicted octanol–water partition coefficient (Wildman–Crippen LogP) is -0.190. The summed E-state index contributed by atoms with van der Waals surface area (Å²) < 4.78 is 5.72. The number of ether oxygens (including phenoxy) is 1. The highest BCUT2D eigenvalue weighted by Gasteiger charge is 2.50. The molecule has 0 aliphatic carbocycles. The third-order valence-corrected chi connectivity index (χ3v) is 5.83. The Morgan fingerprint density at radius 1 is 0.968 bits per heavy atom. The molecule has 9 nitrogen and oxygen atoms in total. The van der Waals surface area contributed by atoms with Gasteiger partial charge in [-0.1, -0.05) is 60.7 Å². The fourth-order valence-corrected chi connectivity index (χ4v) is 4.24. The van der Waals surface area contributed by atoms with Crippen LogP contribution in [0.25, 0.3) is 0 Å². The van der Waals surface area contributed by atoms with E-state index in [0.29, 0.717) is 11.5 Å². The van der Waals surface area contributed by atoms with Gasteiger partial charge in [0.1, 0.15) is 30.7 Å². The summed E-state index contributed by atoms with van der Waals surface area (Å²) in [6.07, 6.45) is -4.28. The zero-order chi connectivity index (χ0) is 21.6. The van der Waals surface area contributed by atoms with Crippen molar-refractivity contribution in [2.45, 2.75) is 30.2 Å². The number of nitrogens with zero attached hydrogens (tertiary/aromatic N) is 4. The highest BCUT2D eigenvalue weighted by molar-refractivity contribution is 6.68. The van der Waals surface area contributed by atoms with Gasteiger partial charge in [0.25, 0.3) is 0 Å². The van der Waals surface area contributed by atoms with Gasteiger partial charge in [0.05, 0.1) is 6.61 Å². The summed E-state index contributed by atoms with van der Waals surface area (Å²) in [6, 6.07) is 19.2. The van der Waals surface area contributed by atoms with Gasteiger partial charge in [-0.2, -0.15) is 0 Å². The second kappa shape index (κ2) is 7.54. The molecule has 3 aliphatic heterocycles. The van der Waals surface area contributed by atoms with Crippen molar-refractivity contribution in [1.82, 2.24) is 4.90 Å². The molecule has 2 aromatic rings. The Kier molecular flexibility index (Phi) is 4.82. The molecule has 0 amide bonds. The number of aliphatic hydroxyl groups is 3. The van der Waals surface area contributed by atoms with Crippen LogP contribution in [0.1, 0.15) is 11.1 Å². The lowest BCUT2D eigenvalue weighted by Gasteiger charge is -2.35. The van der Waals surface area contributed by atoms with Crippen LogP contribution < -0.4 is 5.73 Å². The Morgan fingerprint density at radius 2 is 1.58 bits per heavy atom. The molecule has 0 spiro atoms. The van der Waals surface area contributed by atoms with Crippen LogP contribution in [0.3, 0.4) is 0 Å². The Labute approximate surface area is 178 Å². The third kappa shape index (κ3) is 3.05. The SMILES string of the molecule is NC1=NC(c2ccccc2)(c2ccccc2)N=C2C1=NCN2[C@@H]1O[C@H](CO)[C@@H](O)[C@H]1O. The van der Waals surface area contributed by atoms with Crippen LogP contribution in [-0.4, -0.2) is 75.4 Å². The fraction of sp³-hybridized carbons (Fsp3) is 0.318. The smallest absolute Gasteiger partial charge is 0.206 e. The number of amidine groups is 2. The topological polar surface area (TPSA) is 136 Å². The van der Waals surface area contributed by atoms with Gasteiger partial charge in [0.2, 0.25) is 5.66 Å². The lowest BCUT2D eigenvalue weighted by Crippen LogP contribution is -2.51. The maximum absolute atomic E-state index is 10.5. The van der Waals surface area contributed by atoms with Crippen LogP contribution in [0, 0.1) is 0 Å². The van der Waals surface area contributed by atoms with Gasteiger partial charge in [-0.05, 0) is 0 Å². The molecule has 0 bridgehead atoms. The van der Waals surface area contributed by atoms with Crippen molar-refractivity contribution in [1.29, 1.82) is 0 Å². The van der Waals surface area contributed by atoms with E-state index in [2.05, 4.69) is 4.99 Å². The predicted molar refractivity (Wildman–Crippen MR) is 115 cm³/mol. The fourth-order valence-electron chi connectivity index (χ4n) is 4.24. The van der Waals surface area contributed by atoms with Crippen molar-refractivity contribution in [2.75, 3.05) is 13.3 Å². The minimum Gasteiger partial charge on any atom is -0.394 e. The van der Waals surface area contributed by atoms with Crippen molar-refractivity contribution >= 4 is 17.4 Å². The largest absolute Gasteiger partial charge is 0.394 e. The third-order valence-electron chi connectivity index (χ3n) is 5.83. The molecule has 31 heavy (non-hydrogen) atoms. The molecule has 160 valence electrons. The van der Waals surface area contributed by atoms with Crippen molar-refractivity contribution in [3.05, 3.63) is 71.8 Å². The van der Waals surface area contributed by atoms with E-state index in [-0.39, 0.29) is 12.5 Å². The maximum Gasteiger partial charge on any atom is 0.206 e. The van der Waals surface area contributed by atoms with E-state index in [1.165, 1.54) is 0 Å². The molecule has 5 rings (SSSR count). The van der Waals surface area contributed by atoms with Crippen LogP contribution in [0.2, 0.25) is 0 Å². The summed E-state index contributed by atoms with van der Waals surface area (Å²) in [6.45, 7) is -0.277. The van der Waals surface area contributed by atoms with Gasteiger partial charge in [-0.15, -0.1) is 0 Å². The Morgan fingerprint density at radius 3 is 2.13 bits per heavy atom. The average Bonchev–Trinajstić information content (AvgIpc) is 3.36. The van der Waals surface area contributed by atoms with E-state index >= 15 is 0 Å². The maximum atomic E-state index is 10.5. The second-order valence-corrected chi connectivity index (χ2v) is 7.68. The van der Waals surface area contributed by atoms with Crippen LogP contribution >= 0.6 is 0 Å². The van der Waals surface area contributed by atoms with Crippen LogP contribution in [0.5, 0.6) is 0 Å². The van der Waals surface area contributed by atoms with E-state index in [4.69, 9.17) is 20.5 Å². The molecule has 4 atom stereocenters. The summed E-state index contributed by atoms with van der Waals surface area (Å²) in [7, 11) is 0. The molecule has 3 aliphatic rings. The van der Waals surface area contributed by atoms with E-state index in [1.54, 1.807) is 4.90 Å². The Hall–Kier alpha value is -3.11. The first-order valence-corrected chi connectivity index (χ1v) is 10.1. The van der Waals surface area contributed by atoms with Gasteiger partial charge in [-0.3, -0.25) is 4.99 Å². The molecule has 0 aromatic heterocycles. The van der Waals surface area contributed by atoms with Gasteiger partial charge < -0.3 is 30.7 Å². The first kappa shape index (κ1) is 19.8. The number of fused-ring (bicyclic) bond motifs is 1. The van der Waals surface area contributed by atoms with Crippen LogP contribution in [0.4, 0.5) is 0 Å². The number of aliphatic hydroxyl groups excluding tert-OH is 3. The quantitative estimate of drug-likeness (QED) is 0.540. The van der Waals surface area contributed by atoms with Crippen molar-refractivity contribution in [3.8, 4) is 0 Å². The first-order chi connectivity index (χ1) is 15.0. The summed E-state index contributed by atoms with van der Waals surface area (Å²) in [4.78, 5) is 15.9. The number of hydrogen-bond acceptors (Lipinski definition) is 9. The summed E-state index contributed by atoms with van der Waals surface area (Å²) >= 11 is 0. The van der Waals surface area contributed by atoms with Gasteiger partial charge in [0, 0.05) is 11.1 Å². The molecule has 0 radical (unpaired) electrons. The molecule has 3 heterocycles. The van der Waals surface area contributed by atoms with E-state index in [0.717, 1.165) is 11.1 Å². The van der Waals surface area contributed by atoms with Gasteiger partial charge >= 0.3 is 0 Å². The lowest BCUT2D eigenvalue weighted by molar-refractivity contribution is -0.0690. The summed E-state index contributed by atoms with van der Waals surface area (Å²) in [5.74, 6) is 0.655. The van der Waals surface area contributed by atoms with Crippen LogP contribution in [0.15, 0.2) is 75.6 Å². The Bertz CT molecular complexity index is 1020. The highest BCUT2D eigenvalue weighted by Crippen LogP contribution is 2.39. The minimum absolute atomic E-state index is 0.136. The summed E-state index contributed by atoms with van der Waals surface area (Å²) in [5, 5.41) is 30.2. The molecule has 1 saturated heterocycles. The van der Waals surface area contributed by atoms with Gasteiger partial charge in [-0.25, -0.2) is 9.98 Å². The standard InChI is InChI=1S/C22H23N5O4/c23-19-16-20(27(12-24-16)21-18(30)17(29)15(11-28)31-21)26-22(25-19,13-7-3-1-4-8-13)14-9-5-2-6-10-14/h1-10,15,17-18,21,28-30H,11-12H2,(H2,23,25)/t15-,17-,18-,21-/m1/s1. The minimum atomic E-state index is -1.24. The van der Waals surface area contributed by atoms with E-state index in [9.17, 15) is 15.3 Å². The molecule has 9 heteroatoms. The van der Waals surface area contributed by atoms with Crippen molar-refractivity contribution < 1.29 is 20.1 Å². The molecule has 5 N–H and O–H groups in total. The molecular formula is C22H23N5O4. The van der Waals surface area contributed by atoms with E-state index in [1.807, 2.05) is 60.7 Å². The molecule has 1 fully saturated rings. The Balaban J connectivity index is 1.64. The summed E-state index contributed by atoms with van der Waals surface area (Å²) in [5.41, 5.74) is 7.29. The van der Waals surface area contributed by atoms with E-state index < -0.39 is 36.8 Å². The lowest BCUT2D eigenvalue weighted by atomic mass is 9.90. The number of hydrogen-bond donors (Lipinski definition) is 4. The average molecular weight is 421 g/mol. The molecule has 0 saturated carbocycles. The number of nitrogens with two attached hydrogens (primary N) is 1. The number of benzene rings is 2. The molecular weight excluding hydrogens is 398 g/mol. The number of aliphatic imine (C=N–C) groups is 3. The van der Waals surface area contributed by atoms with Crippen molar-refractivity contribution in [3.63, 3.8) is 0 Å². The highest BCUT2D eigenvalue weighted by atomic mass is 16.6. The zero-order valence-corrected chi connectivity index (χ0v) is 16.6. The monoisotopic (exact) mass is 421 g/mol. The molecule has 2 aromatic carbocycles. The van der Waals surface area contributed by atoms with Crippen molar-refractivity contribution in [2.24, 2.45) is 20.7 Å². The second-order valence-electron chi connectivity index (χ2n) is 7.68. The van der Waals surface area contributed by atoms with Crippen LogP contribution in [-0.2, 0) is 10.4 Å². The molecule has 0 unspecified atom stereocenters.